The highest BCUT2D eigenvalue weighted by atomic mass is 35.5. The van der Waals surface area contributed by atoms with E-state index in [1.165, 1.54) is 0 Å². The summed E-state index contributed by atoms with van der Waals surface area (Å²) in [5.74, 6) is 2.04. The molecule has 0 amide bonds. The van der Waals surface area contributed by atoms with Gasteiger partial charge in [-0.2, -0.15) is 10.3 Å². The third kappa shape index (κ3) is 4.01. The summed E-state index contributed by atoms with van der Waals surface area (Å²) in [4.78, 5) is 20.9. The summed E-state index contributed by atoms with van der Waals surface area (Å²) < 4.78 is 0. The van der Waals surface area contributed by atoms with Crippen molar-refractivity contribution in [3.63, 3.8) is 0 Å². The summed E-state index contributed by atoms with van der Waals surface area (Å²) in [7, 11) is 0. The second kappa shape index (κ2) is 8.65. The van der Waals surface area contributed by atoms with Crippen LogP contribution in [0, 0.1) is 34.6 Å². The second-order valence-corrected chi connectivity index (χ2v) is 11.4. The molecule has 0 spiro atoms. The average molecular weight is 486 g/mol. The highest BCUT2D eigenvalue weighted by Crippen LogP contribution is 2.60. The Morgan fingerprint density at radius 3 is 2.44 bits per heavy atom. The maximum absolute atomic E-state index is 12.1. The van der Waals surface area contributed by atoms with E-state index >= 15 is 0 Å². The van der Waals surface area contributed by atoms with E-state index in [9.17, 15) is 15.2 Å². The molecule has 9 nitrogen and oxygen atoms in total. The third-order valence-corrected chi connectivity index (χ3v) is 8.99. The molecular formula is C24H32ClN7O2. The van der Waals surface area contributed by atoms with Crippen molar-refractivity contribution in [2.45, 2.75) is 57.5 Å². The van der Waals surface area contributed by atoms with Crippen molar-refractivity contribution in [1.29, 1.82) is 5.26 Å². The number of nitrogens with zero attached hydrogens (tertiary/aromatic N) is 6. The fourth-order valence-electron chi connectivity index (χ4n) is 7.20. The van der Waals surface area contributed by atoms with Crippen molar-refractivity contribution in [2.75, 3.05) is 31.1 Å². The topological polar surface area (TPSA) is 118 Å². The maximum atomic E-state index is 12.1. The van der Waals surface area contributed by atoms with Gasteiger partial charge < -0.3 is 15.3 Å². The van der Waals surface area contributed by atoms with Crippen LogP contribution in [-0.2, 0) is 4.79 Å². The zero-order valence-electron chi connectivity index (χ0n) is 19.7. The molecule has 1 aromatic heterocycles. The first-order valence-corrected chi connectivity index (χ1v) is 12.6. The van der Waals surface area contributed by atoms with E-state index in [1.54, 1.807) is 6.07 Å². The molecule has 2 atom stereocenters. The molecule has 10 heteroatoms. The Labute approximate surface area is 205 Å². The number of anilines is 1. The van der Waals surface area contributed by atoms with Crippen LogP contribution in [0.2, 0.25) is 5.15 Å². The number of aromatic nitrogens is 2. The summed E-state index contributed by atoms with van der Waals surface area (Å²) in [6, 6.07) is 3.82. The van der Waals surface area contributed by atoms with Crippen molar-refractivity contribution in [2.24, 2.45) is 28.2 Å². The number of nitrogens with one attached hydrogen (secondary N) is 1. The van der Waals surface area contributed by atoms with Crippen LogP contribution in [0.3, 0.4) is 0 Å². The number of nitriles is 1. The van der Waals surface area contributed by atoms with Gasteiger partial charge in [0.1, 0.15) is 5.84 Å². The lowest BCUT2D eigenvalue weighted by atomic mass is 9.48. The number of carbonyl (C=O) groups is 1. The minimum Gasteiger partial charge on any atom is -0.481 e. The highest BCUT2D eigenvalue weighted by Gasteiger charge is 2.59. The SMILES string of the molecule is CC(C)(/C(=N/C#N)NC1C2CC3CC1CC(C(=O)O)(C3)C2)N1CCN(c2ccc(Cl)nn2)CC1. The number of rotatable bonds is 5. The molecule has 1 aromatic rings. The Hall–Kier alpha value is -2.44. The van der Waals surface area contributed by atoms with Gasteiger partial charge in [0, 0.05) is 32.2 Å². The number of hydrogen-bond acceptors (Lipinski definition) is 7. The minimum atomic E-state index is -0.625. The van der Waals surface area contributed by atoms with Crippen LogP contribution in [0.4, 0.5) is 5.82 Å². The quantitative estimate of drug-likeness (QED) is 0.371. The van der Waals surface area contributed by atoms with Gasteiger partial charge in [-0.3, -0.25) is 9.69 Å². The van der Waals surface area contributed by atoms with Crippen LogP contribution in [-0.4, -0.2) is 69.8 Å². The summed E-state index contributed by atoms with van der Waals surface area (Å²) in [5, 5.41) is 31.6. The summed E-state index contributed by atoms with van der Waals surface area (Å²) in [5.41, 5.74) is -0.996. The number of carboxylic acids is 1. The van der Waals surface area contributed by atoms with E-state index in [1.807, 2.05) is 12.3 Å². The van der Waals surface area contributed by atoms with Gasteiger partial charge in [-0.1, -0.05) is 11.6 Å². The van der Waals surface area contributed by atoms with Crippen molar-refractivity contribution in [1.82, 2.24) is 20.4 Å². The fraction of sp³-hybridized carbons (Fsp3) is 0.708. The Balaban J connectivity index is 1.28. The Kier molecular flexibility index (Phi) is 5.93. The normalized spacial score (nSPS) is 33.6. The van der Waals surface area contributed by atoms with Crippen LogP contribution in [0.25, 0.3) is 0 Å². The molecule has 5 fully saturated rings. The van der Waals surface area contributed by atoms with Gasteiger partial charge in [0.15, 0.2) is 11.0 Å². The predicted octanol–water partition coefficient (Wildman–Crippen LogP) is 2.78. The van der Waals surface area contributed by atoms with Gasteiger partial charge in [-0.15, -0.1) is 10.2 Å². The number of carboxylic acid groups (broad SMARTS) is 1. The molecule has 0 aromatic carbocycles. The van der Waals surface area contributed by atoms with Gasteiger partial charge in [-0.05, 0) is 75.8 Å². The summed E-state index contributed by atoms with van der Waals surface area (Å²) in [6.07, 6.45) is 6.45. The van der Waals surface area contributed by atoms with Crippen LogP contribution in [0.15, 0.2) is 17.1 Å². The van der Waals surface area contributed by atoms with Gasteiger partial charge >= 0.3 is 5.97 Å². The van der Waals surface area contributed by atoms with Crippen LogP contribution in [0.5, 0.6) is 0 Å². The van der Waals surface area contributed by atoms with Crippen LogP contribution < -0.4 is 10.2 Å². The number of piperazine rings is 1. The van der Waals surface area contributed by atoms with E-state index in [2.05, 4.69) is 44.2 Å². The number of aliphatic carboxylic acids is 1. The van der Waals surface area contributed by atoms with Crippen molar-refractivity contribution in [3.05, 3.63) is 17.3 Å². The van der Waals surface area contributed by atoms with Crippen LogP contribution in [0.1, 0.15) is 46.0 Å². The first-order valence-electron chi connectivity index (χ1n) is 12.2. The van der Waals surface area contributed by atoms with E-state index in [-0.39, 0.29) is 6.04 Å². The third-order valence-electron chi connectivity index (χ3n) is 8.78. The lowest BCUT2D eigenvalue weighted by Crippen LogP contribution is -2.66. The Morgan fingerprint density at radius 2 is 1.88 bits per heavy atom. The second-order valence-electron chi connectivity index (χ2n) is 11.0. The first kappa shape index (κ1) is 23.3. The van der Waals surface area contributed by atoms with Gasteiger partial charge in [0.05, 0.1) is 11.0 Å². The number of hydrogen-bond donors (Lipinski definition) is 2. The number of aliphatic imine (C=N–C) groups is 1. The molecule has 4 aliphatic carbocycles. The van der Waals surface area contributed by atoms with Gasteiger partial charge in [0.2, 0.25) is 6.19 Å². The molecule has 5 aliphatic rings. The summed E-state index contributed by atoms with van der Waals surface area (Å²) >= 11 is 5.87. The molecule has 0 radical (unpaired) electrons. The first-order chi connectivity index (χ1) is 16.2. The molecule has 2 heterocycles. The van der Waals surface area contributed by atoms with Gasteiger partial charge in [-0.25, -0.2) is 0 Å². The number of amidine groups is 1. The monoisotopic (exact) mass is 485 g/mol. The predicted molar refractivity (Wildman–Crippen MR) is 129 cm³/mol. The molecule has 1 saturated heterocycles. The standard InChI is InChI=1S/C24H32ClN7O2/c1-23(2,32-7-5-31(6-8-32)19-4-3-18(25)29-30-19)21(27-14-26)28-20-16-9-15-10-17(20)13-24(11-15,12-16)22(33)34/h3-4,15-17,20H,5-13H2,1-2H3,(H,27,28)(H,33,34). The van der Waals surface area contributed by atoms with Crippen molar-refractivity contribution < 1.29 is 9.90 Å². The maximum Gasteiger partial charge on any atom is 0.309 e. The van der Waals surface area contributed by atoms with Crippen LogP contribution >= 0.6 is 11.6 Å². The molecule has 4 bridgehead atoms. The summed E-state index contributed by atoms with van der Waals surface area (Å²) in [6.45, 7) is 7.40. The fourth-order valence-corrected chi connectivity index (χ4v) is 7.30. The Bertz CT molecular complexity index is 997. The Morgan fingerprint density at radius 1 is 1.21 bits per heavy atom. The molecule has 2 N–H and O–H groups in total. The van der Waals surface area contributed by atoms with Crippen molar-refractivity contribution >= 4 is 29.2 Å². The molecule has 182 valence electrons. The lowest BCUT2D eigenvalue weighted by Gasteiger charge is -2.59. The number of halogens is 1. The zero-order chi connectivity index (χ0) is 24.1. The average Bonchev–Trinajstić information content (AvgIpc) is 2.81. The van der Waals surface area contributed by atoms with E-state index in [0.29, 0.717) is 28.7 Å². The molecule has 4 saturated carbocycles. The lowest BCUT2D eigenvalue weighted by molar-refractivity contribution is -0.166. The van der Waals surface area contributed by atoms with Crippen molar-refractivity contribution in [3.8, 4) is 6.19 Å². The zero-order valence-corrected chi connectivity index (χ0v) is 20.5. The molecule has 2 unspecified atom stereocenters. The highest BCUT2D eigenvalue weighted by molar-refractivity contribution is 6.29. The van der Waals surface area contributed by atoms with E-state index in [4.69, 9.17) is 11.6 Å². The molecule has 6 rings (SSSR count). The minimum absolute atomic E-state index is 0.182. The van der Waals surface area contributed by atoms with E-state index in [0.717, 1.165) is 64.1 Å². The largest absolute Gasteiger partial charge is 0.481 e. The smallest absolute Gasteiger partial charge is 0.309 e. The molecule has 1 aliphatic heterocycles. The van der Waals surface area contributed by atoms with Gasteiger partial charge in [0.25, 0.3) is 0 Å². The molecule has 34 heavy (non-hydrogen) atoms. The van der Waals surface area contributed by atoms with E-state index < -0.39 is 16.9 Å². The molecular weight excluding hydrogens is 454 g/mol.